The first kappa shape index (κ1) is 7.79. The van der Waals surface area contributed by atoms with Crippen molar-refractivity contribution >= 4 is 16.8 Å². The summed E-state index contributed by atoms with van der Waals surface area (Å²) in [5, 5.41) is 0. The van der Waals surface area contributed by atoms with E-state index in [0.717, 1.165) is 11.4 Å². The van der Waals surface area contributed by atoms with Crippen LogP contribution in [0.3, 0.4) is 0 Å². The second kappa shape index (κ2) is 3.25. The Morgan fingerprint density at radius 2 is 2.35 bits per heavy atom. The van der Waals surface area contributed by atoms with Gasteiger partial charge in [-0.25, -0.2) is 9.55 Å². The monoisotopic (exact) mass is 265 g/mol. The number of imidazole rings is 2. The molecule has 0 saturated heterocycles. The molecule has 5 nitrogen and oxygen atoms in total. The Hall–Kier alpha value is -2.69. The Bertz CT molecular complexity index is 1090. The largest absolute Gasteiger partial charge is 0.303 e. The van der Waals surface area contributed by atoms with Crippen LogP contribution in [0.25, 0.3) is 28.2 Å². The molecule has 5 heterocycles. The van der Waals surface area contributed by atoms with Gasteiger partial charge in [0.1, 0.15) is 12.1 Å². The van der Waals surface area contributed by atoms with Crippen LogP contribution in [0.4, 0.5) is 0 Å². The highest BCUT2D eigenvalue weighted by Gasteiger charge is 2.33. The zero-order valence-electron chi connectivity index (χ0n) is 13.5. The molecular formula is C15H12N5+. The van der Waals surface area contributed by atoms with E-state index in [4.69, 9.17) is 4.11 Å². The molecule has 96 valence electrons. The topological polar surface area (TPSA) is 39.0 Å². The first-order valence-electron chi connectivity index (χ1n) is 7.90. The highest BCUT2D eigenvalue weighted by Crippen LogP contribution is 2.30. The third kappa shape index (κ3) is 1.02. The first-order valence-corrected chi connectivity index (χ1v) is 6.40. The number of hydrogen-bond acceptors (Lipinski definition) is 2. The van der Waals surface area contributed by atoms with Crippen molar-refractivity contribution in [1.82, 2.24) is 18.9 Å². The second-order valence-electron chi connectivity index (χ2n) is 4.99. The molecule has 5 rings (SSSR count). The molecule has 0 aliphatic carbocycles. The van der Waals surface area contributed by atoms with Crippen molar-refractivity contribution < 1.29 is 8.68 Å². The van der Waals surface area contributed by atoms with Crippen molar-refractivity contribution in [3.8, 4) is 11.4 Å². The maximum atomic E-state index is 7.89. The molecule has 0 spiro atoms. The van der Waals surface area contributed by atoms with Crippen LogP contribution in [0.5, 0.6) is 0 Å². The molecule has 1 aliphatic heterocycles. The lowest BCUT2D eigenvalue weighted by Crippen LogP contribution is -2.29. The summed E-state index contributed by atoms with van der Waals surface area (Å²) in [6.45, 7) is -1.55. The Labute approximate surface area is 119 Å². The van der Waals surface area contributed by atoms with Gasteiger partial charge in [0.05, 0.1) is 5.56 Å². The van der Waals surface area contributed by atoms with Crippen molar-refractivity contribution in [3.05, 3.63) is 48.5 Å². The molecule has 4 aromatic rings. The predicted octanol–water partition coefficient (Wildman–Crippen LogP) is 1.54. The van der Waals surface area contributed by atoms with E-state index in [0.29, 0.717) is 23.4 Å². The molecule has 0 radical (unpaired) electrons. The second-order valence-corrected chi connectivity index (χ2v) is 4.99. The van der Waals surface area contributed by atoms with E-state index >= 15 is 0 Å². The predicted molar refractivity (Wildman–Crippen MR) is 74.2 cm³/mol. The summed E-state index contributed by atoms with van der Waals surface area (Å²) in [6.07, 6.45) is 7.16. The van der Waals surface area contributed by atoms with Gasteiger partial charge in [-0.1, -0.05) is 0 Å². The summed E-state index contributed by atoms with van der Waals surface area (Å²) in [6, 6.07) is 5.54. The molecule has 0 N–H and O–H groups in total. The fourth-order valence-electron chi connectivity index (χ4n) is 3.06. The maximum Gasteiger partial charge on any atom is 0.299 e. The fourth-order valence-corrected chi connectivity index (χ4v) is 3.06. The molecule has 0 atom stereocenters. The number of aromatic nitrogens is 5. The van der Waals surface area contributed by atoms with Gasteiger partial charge in [-0.3, -0.25) is 4.98 Å². The van der Waals surface area contributed by atoms with Crippen LogP contribution in [-0.2, 0) is 13.5 Å². The third-order valence-electron chi connectivity index (χ3n) is 3.93. The van der Waals surface area contributed by atoms with E-state index in [9.17, 15) is 0 Å². The SMILES string of the molecule is [2H]C([2H])([2H])n1c2cccnc2n2c3[n+](cc12)Cc1ccncc1-3. The molecule has 4 aromatic heterocycles. The Balaban J connectivity index is 2.00. The van der Waals surface area contributed by atoms with Crippen LogP contribution in [-0.4, -0.2) is 18.9 Å². The van der Waals surface area contributed by atoms with Crippen LogP contribution in [0, 0.1) is 0 Å². The van der Waals surface area contributed by atoms with Gasteiger partial charge in [0, 0.05) is 35.2 Å². The van der Waals surface area contributed by atoms with Gasteiger partial charge in [-0.15, -0.1) is 0 Å². The summed E-state index contributed by atoms with van der Waals surface area (Å²) in [7, 11) is 0. The van der Waals surface area contributed by atoms with Crippen LogP contribution < -0.4 is 4.57 Å². The molecule has 0 amide bonds. The summed E-state index contributed by atoms with van der Waals surface area (Å²) in [5.74, 6) is 0.926. The lowest BCUT2D eigenvalue weighted by molar-refractivity contribution is -0.670. The smallest absolute Gasteiger partial charge is 0.299 e. The quantitative estimate of drug-likeness (QED) is 0.398. The zero-order chi connectivity index (χ0) is 15.8. The number of rotatable bonds is 0. The molecule has 0 saturated carbocycles. The molecule has 5 heteroatoms. The molecule has 0 unspecified atom stereocenters. The van der Waals surface area contributed by atoms with Crippen LogP contribution >= 0.6 is 0 Å². The number of aryl methyl sites for hydroxylation is 1. The third-order valence-corrected chi connectivity index (χ3v) is 3.93. The number of fused-ring (bicyclic) bond motifs is 7. The summed E-state index contributed by atoms with van der Waals surface area (Å²) in [4.78, 5) is 8.64. The van der Waals surface area contributed by atoms with Crippen molar-refractivity contribution in [2.45, 2.75) is 6.54 Å². The normalized spacial score (nSPS) is 15.9. The first-order chi connectivity index (χ1) is 11.1. The van der Waals surface area contributed by atoms with Gasteiger partial charge in [0.2, 0.25) is 5.65 Å². The van der Waals surface area contributed by atoms with Gasteiger partial charge in [0.25, 0.3) is 11.5 Å². The standard InChI is InChI=1S/C15H12N5/c1-18-12-3-2-5-17-14(12)20-13(18)9-19-8-10-4-6-16-7-11(10)15(19)20/h2-7,9H,8H2,1H3/q+1/i1D3. The summed E-state index contributed by atoms with van der Waals surface area (Å²) in [5.41, 5.74) is 4.05. The van der Waals surface area contributed by atoms with E-state index in [1.807, 2.05) is 22.9 Å². The zero-order valence-corrected chi connectivity index (χ0v) is 10.5. The Morgan fingerprint density at radius 3 is 3.30 bits per heavy atom. The van der Waals surface area contributed by atoms with Crippen LogP contribution in [0.1, 0.15) is 9.68 Å². The van der Waals surface area contributed by atoms with Crippen molar-refractivity contribution in [2.24, 2.45) is 6.98 Å². The molecule has 0 bridgehead atoms. The van der Waals surface area contributed by atoms with E-state index in [-0.39, 0.29) is 0 Å². The lowest BCUT2D eigenvalue weighted by Gasteiger charge is -1.91. The number of pyridine rings is 2. The molecule has 0 fully saturated rings. The number of nitrogens with zero attached hydrogens (tertiary/aromatic N) is 5. The van der Waals surface area contributed by atoms with Gasteiger partial charge in [-0.2, -0.15) is 4.40 Å². The fraction of sp³-hybridized carbons (Fsp3) is 0.133. The van der Waals surface area contributed by atoms with Crippen molar-refractivity contribution in [1.29, 1.82) is 0 Å². The van der Waals surface area contributed by atoms with Gasteiger partial charge in [-0.05, 0) is 18.2 Å². The lowest BCUT2D eigenvalue weighted by atomic mass is 10.2. The minimum absolute atomic E-state index is 0.600. The Kier molecular flexibility index (Phi) is 1.27. The minimum atomic E-state index is -2.27. The highest BCUT2D eigenvalue weighted by molar-refractivity contribution is 5.80. The molecule has 20 heavy (non-hydrogen) atoms. The average Bonchev–Trinajstić information content (AvgIpc) is 3.11. The van der Waals surface area contributed by atoms with E-state index < -0.39 is 6.98 Å². The Morgan fingerprint density at radius 1 is 1.35 bits per heavy atom. The minimum Gasteiger partial charge on any atom is -0.303 e. The van der Waals surface area contributed by atoms with Gasteiger partial charge < -0.3 is 4.57 Å². The van der Waals surface area contributed by atoms with Crippen molar-refractivity contribution in [3.63, 3.8) is 0 Å². The summed E-state index contributed by atoms with van der Waals surface area (Å²) < 4.78 is 29.0. The van der Waals surface area contributed by atoms with Gasteiger partial charge >= 0.3 is 0 Å². The molecule has 1 aliphatic rings. The molecular weight excluding hydrogens is 250 g/mol. The average molecular weight is 265 g/mol. The van der Waals surface area contributed by atoms with Crippen molar-refractivity contribution in [2.75, 3.05) is 0 Å². The van der Waals surface area contributed by atoms with Gasteiger partial charge in [0.15, 0.2) is 6.20 Å². The van der Waals surface area contributed by atoms with Crippen LogP contribution in [0.15, 0.2) is 43.0 Å². The number of hydrogen-bond donors (Lipinski definition) is 0. The van der Waals surface area contributed by atoms with E-state index in [1.165, 1.54) is 10.1 Å². The highest BCUT2D eigenvalue weighted by atomic mass is 15.2. The maximum absolute atomic E-state index is 7.89. The summed E-state index contributed by atoms with van der Waals surface area (Å²) >= 11 is 0. The van der Waals surface area contributed by atoms with E-state index in [2.05, 4.69) is 14.5 Å². The molecule has 0 aromatic carbocycles. The van der Waals surface area contributed by atoms with Crippen LogP contribution in [0.2, 0.25) is 0 Å². The van der Waals surface area contributed by atoms with E-state index in [1.54, 1.807) is 24.5 Å².